The Hall–Kier alpha value is 0. The molecule has 3 saturated carbocycles. The van der Waals surface area contributed by atoms with E-state index in [4.69, 9.17) is 0 Å². The van der Waals surface area contributed by atoms with Crippen LogP contribution in [0.5, 0.6) is 0 Å². The summed E-state index contributed by atoms with van der Waals surface area (Å²) in [6, 6.07) is 0. The van der Waals surface area contributed by atoms with E-state index in [9.17, 15) is 0 Å². The fraction of sp³-hybridized carbons (Fsp3) is 1.00. The molecule has 3 rings (SSSR count). The summed E-state index contributed by atoms with van der Waals surface area (Å²) in [7, 11) is 0. The summed E-state index contributed by atoms with van der Waals surface area (Å²) in [6.45, 7) is 5.09. The Morgan fingerprint density at radius 1 is 0.625 bits per heavy atom. The first-order chi connectivity index (χ1) is 7.77. The average molecular weight is 220 g/mol. The lowest BCUT2D eigenvalue weighted by Crippen LogP contribution is -2.44. The zero-order valence-corrected chi connectivity index (χ0v) is 11.1. The van der Waals surface area contributed by atoms with E-state index in [0.29, 0.717) is 0 Å². The quantitative estimate of drug-likeness (QED) is 0.545. The smallest absolute Gasteiger partial charge is 0.0329 e. The summed E-state index contributed by atoms with van der Waals surface area (Å²) in [5.41, 5.74) is 0. The summed E-state index contributed by atoms with van der Waals surface area (Å²) >= 11 is 0. The highest BCUT2D eigenvalue weighted by molar-refractivity contribution is 4.95. The molecule has 3 fully saturated rings. The topological polar surface area (TPSA) is 0 Å². The maximum atomic E-state index is 2.55. The van der Waals surface area contributed by atoms with Crippen LogP contribution in [0.1, 0.15) is 65.2 Å². The molecule has 0 heterocycles. The summed E-state index contributed by atoms with van der Waals surface area (Å²) < 4.78 is 0. The minimum Gasteiger partial charge on any atom is -0.0622 e. The minimum absolute atomic E-state index is 1.04. The minimum atomic E-state index is 1.04. The SMILES string of the molecule is CC1CCCC2C1CCC1CCCC(C)C12. The van der Waals surface area contributed by atoms with Gasteiger partial charge in [0.25, 0.3) is 0 Å². The van der Waals surface area contributed by atoms with Crippen LogP contribution in [0.3, 0.4) is 0 Å². The Balaban J connectivity index is 1.81. The summed E-state index contributed by atoms with van der Waals surface area (Å²) in [5.74, 6) is 6.55. The average Bonchev–Trinajstić information content (AvgIpc) is 2.29. The number of hydrogen-bond acceptors (Lipinski definition) is 0. The van der Waals surface area contributed by atoms with E-state index >= 15 is 0 Å². The zero-order chi connectivity index (χ0) is 11.1. The van der Waals surface area contributed by atoms with E-state index in [2.05, 4.69) is 13.8 Å². The van der Waals surface area contributed by atoms with Crippen molar-refractivity contribution in [2.75, 3.05) is 0 Å². The summed E-state index contributed by atoms with van der Waals surface area (Å²) in [4.78, 5) is 0. The van der Waals surface area contributed by atoms with Gasteiger partial charge in [-0.2, -0.15) is 0 Å². The molecule has 0 nitrogen and oxygen atoms in total. The van der Waals surface area contributed by atoms with Crippen LogP contribution >= 0.6 is 0 Å². The molecule has 0 radical (unpaired) electrons. The van der Waals surface area contributed by atoms with Crippen LogP contribution in [0.4, 0.5) is 0 Å². The van der Waals surface area contributed by atoms with Crippen molar-refractivity contribution in [3.05, 3.63) is 0 Å². The first-order valence-electron chi connectivity index (χ1n) is 7.77. The fourth-order valence-electron chi connectivity index (χ4n) is 5.57. The van der Waals surface area contributed by atoms with Crippen LogP contribution in [0.15, 0.2) is 0 Å². The van der Waals surface area contributed by atoms with Gasteiger partial charge in [-0.15, -0.1) is 0 Å². The normalized spacial score (nSPS) is 52.9. The number of rotatable bonds is 0. The van der Waals surface area contributed by atoms with E-state index in [1.165, 1.54) is 25.7 Å². The molecule has 0 aromatic heterocycles. The third kappa shape index (κ3) is 1.73. The lowest BCUT2D eigenvalue weighted by molar-refractivity contribution is -0.0260. The van der Waals surface area contributed by atoms with E-state index in [1.54, 1.807) is 25.7 Å². The van der Waals surface area contributed by atoms with E-state index in [0.717, 1.165) is 35.5 Å². The van der Waals surface area contributed by atoms with Crippen LogP contribution in [0, 0.1) is 35.5 Å². The lowest BCUT2D eigenvalue weighted by atomic mass is 9.53. The molecule has 0 amide bonds. The molecule has 0 spiro atoms. The molecule has 3 aliphatic rings. The Kier molecular flexibility index (Phi) is 3.02. The van der Waals surface area contributed by atoms with Gasteiger partial charge in [-0.05, 0) is 54.8 Å². The van der Waals surface area contributed by atoms with Gasteiger partial charge in [-0.3, -0.25) is 0 Å². The van der Waals surface area contributed by atoms with Crippen molar-refractivity contribution in [1.82, 2.24) is 0 Å². The van der Waals surface area contributed by atoms with E-state index < -0.39 is 0 Å². The van der Waals surface area contributed by atoms with Crippen molar-refractivity contribution < 1.29 is 0 Å². The molecule has 0 aromatic rings. The Bertz CT molecular complexity index is 244. The first-order valence-corrected chi connectivity index (χ1v) is 7.77. The van der Waals surface area contributed by atoms with Crippen molar-refractivity contribution in [3.63, 3.8) is 0 Å². The van der Waals surface area contributed by atoms with Crippen LogP contribution < -0.4 is 0 Å². The third-order valence-electron chi connectivity index (χ3n) is 6.28. The van der Waals surface area contributed by atoms with Gasteiger partial charge in [0, 0.05) is 0 Å². The largest absolute Gasteiger partial charge is 0.0622 e. The molecule has 3 aliphatic carbocycles. The Morgan fingerprint density at radius 3 is 2.25 bits per heavy atom. The number of fused-ring (bicyclic) bond motifs is 3. The highest BCUT2D eigenvalue weighted by Crippen LogP contribution is 2.54. The predicted octanol–water partition coefficient (Wildman–Crippen LogP) is 4.89. The van der Waals surface area contributed by atoms with Gasteiger partial charge in [0.1, 0.15) is 0 Å². The van der Waals surface area contributed by atoms with Crippen LogP contribution in [-0.2, 0) is 0 Å². The Morgan fingerprint density at radius 2 is 1.38 bits per heavy atom. The van der Waals surface area contributed by atoms with Crippen LogP contribution in [0.2, 0.25) is 0 Å². The predicted molar refractivity (Wildman–Crippen MR) is 69.2 cm³/mol. The zero-order valence-electron chi connectivity index (χ0n) is 11.1. The monoisotopic (exact) mass is 220 g/mol. The standard InChI is InChI=1S/C16H28/c1-11-5-4-8-15-14(11)10-9-13-7-3-6-12(2)16(13)15/h11-16H,3-10H2,1-2H3. The van der Waals surface area contributed by atoms with Crippen LogP contribution in [0.25, 0.3) is 0 Å². The van der Waals surface area contributed by atoms with Gasteiger partial charge in [-0.1, -0.05) is 46.0 Å². The molecule has 0 bridgehead atoms. The second-order valence-electron chi connectivity index (χ2n) is 7.06. The Labute approximate surface area is 101 Å². The molecule has 0 aromatic carbocycles. The molecule has 0 N–H and O–H groups in total. The summed E-state index contributed by atoms with van der Waals surface area (Å²) in [6.07, 6.45) is 12.4. The van der Waals surface area contributed by atoms with Gasteiger partial charge >= 0.3 is 0 Å². The van der Waals surface area contributed by atoms with Gasteiger partial charge < -0.3 is 0 Å². The third-order valence-corrected chi connectivity index (χ3v) is 6.28. The lowest BCUT2D eigenvalue weighted by Gasteiger charge is -2.52. The van der Waals surface area contributed by atoms with Crippen molar-refractivity contribution in [2.45, 2.75) is 65.2 Å². The molecule has 6 unspecified atom stereocenters. The highest BCUT2D eigenvalue weighted by atomic mass is 14.5. The molecule has 92 valence electrons. The fourth-order valence-corrected chi connectivity index (χ4v) is 5.57. The van der Waals surface area contributed by atoms with Crippen LogP contribution in [-0.4, -0.2) is 0 Å². The molecule has 0 heteroatoms. The molecule has 16 heavy (non-hydrogen) atoms. The molecular formula is C16H28. The molecule has 6 atom stereocenters. The van der Waals surface area contributed by atoms with E-state index in [-0.39, 0.29) is 0 Å². The summed E-state index contributed by atoms with van der Waals surface area (Å²) in [5, 5.41) is 0. The maximum absolute atomic E-state index is 2.55. The highest BCUT2D eigenvalue weighted by Gasteiger charge is 2.45. The van der Waals surface area contributed by atoms with Gasteiger partial charge in [0.15, 0.2) is 0 Å². The number of hydrogen-bond donors (Lipinski definition) is 0. The van der Waals surface area contributed by atoms with Crippen molar-refractivity contribution >= 4 is 0 Å². The second-order valence-corrected chi connectivity index (χ2v) is 7.06. The molecule has 0 saturated heterocycles. The maximum Gasteiger partial charge on any atom is -0.0329 e. The first kappa shape index (κ1) is 11.1. The van der Waals surface area contributed by atoms with Crippen molar-refractivity contribution in [2.24, 2.45) is 35.5 Å². The van der Waals surface area contributed by atoms with E-state index in [1.807, 2.05) is 0 Å². The molecule has 0 aliphatic heterocycles. The van der Waals surface area contributed by atoms with Gasteiger partial charge in [0.2, 0.25) is 0 Å². The van der Waals surface area contributed by atoms with Gasteiger partial charge in [-0.25, -0.2) is 0 Å². The molecular weight excluding hydrogens is 192 g/mol. The second kappa shape index (κ2) is 4.35. The van der Waals surface area contributed by atoms with Gasteiger partial charge in [0.05, 0.1) is 0 Å². The van der Waals surface area contributed by atoms with Crippen molar-refractivity contribution in [1.29, 1.82) is 0 Å². The van der Waals surface area contributed by atoms with Crippen molar-refractivity contribution in [3.8, 4) is 0 Å².